The standard InChI is InChI=1S/C19H19N7O4/c1-3-20-19(28)22-14-7-4-6-13(10-14)21-18(27)17-12(2)25(24-23-17)15-8-5-9-16(11-15)26(29)30/h4-11H,3H2,1-2H3,(H,21,27)(H2,20,22,28). The fraction of sp³-hybridized carbons (Fsp3) is 0.158. The number of nitrogens with one attached hydrogen (secondary N) is 3. The highest BCUT2D eigenvalue weighted by molar-refractivity contribution is 6.04. The average molecular weight is 409 g/mol. The van der Waals surface area contributed by atoms with E-state index < -0.39 is 10.8 Å². The Bertz CT molecular complexity index is 1110. The van der Waals surface area contributed by atoms with Gasteiger partial charge in [-0.3, -0.25) is 14.9 Å². The highest BCUT2D eigenvalue weighted by Gasteiger charge is 2.19. The van der Waals surface area contributed by atoms with Gasteiger partial charge in [0.05, 0.1) is 16.3 Å². The van der Waals surface area contributed by atoms with Crippen LogP contribution < -0.4 is 16.0 Å². The van der Waals surface area contributed by atoms with E-state index in [1.54, 1.807) is 44.2 Å². The van der Waals surface area contributed by atoms with Crippen molar-refractivity contribution in [3.05, 3.63) is 70.0 Å². The third kappa shape index (κ3) is 4.58. The zero-order valence-corrected chi connectivity index (χ0v) is 16.2. The maximum Gasteiger partial charge on any atom is 0.319 e. The van der Waals surface area contributed by atoms with E-state index in [2.05, 4.69) is 26.3 Å². The van der Waals surface area contributed by atoms with Crippen LogP contribution in [-0.2, 0) is 0 Å². The third-order valence-corrected chi connectivity index (χ3v) is 4.11. The van der Waals surface area contributed by atoms with Crippen LogP contribution in [0.4, 0.5) is 21.9 Å². The average Bonchev–Trinajstić information content (AvgIpc) is 3.10. The number of rotatable bonds is 6. The van der Waals surface area contributed by atoms with E-state index in [1.165, 1.54) is 22.9 Å². The van der Waals surface area contributed by atoms with E-state index in [4.69, 9.17) is 0 Å². The number of carbonyl (C=O) groups excluding carboxylic acids is 2. The minimum absolute atomic E-state index is 0.0728. The molecular weight excluding hydrogens is 390 g/mol. The van der Waals surface area contributed by atoms with Crippen LogP contribution in [0.1, 0.15) is 23.1 Å². The van der Waals surface area contributed by atoms with Crippen molar-refractivity contribution in [2.75, 3.05) is 17.2 Å². The molecule has 2 aromatic carbocycles. The lowest BCUT2D eigenvalue weighted by Crippen LogP contribution is -2.28. The van der Waals surface area contributed by atoms with Crippen LogP contribution in [0.3, 0.4) is 0 Å². The van der Waals surface area contributed by atoms with Gasteiger partial charge in [-0.05, 0) is 38.1 Å². The maximum atomic E-state index is 12.7. The van der Waals surface area contributed by atoms with Crippen LogP contribution in [0.25, 0.3) is 5.69 Å². The Labute approximate surface area is 171 Å². The maximum absolute atomic E-state index is 12.7. The summed E-state index contributed by atoms with van der Waals surface area (Å²) in [5.74, 6) is -0.501. The van der Waals surface area contributed by atoms with Gasteiger partial charge in [-0.1, -0.05) is 17.3 Å². The Morgan fingerprint density at radius 2 is 1.80 bits per heavy atom. The monoisotopic (exact) mass is 409 g/mol. The molecule has 0 spiro atoms. The molecule has 0 saturated carbocycles. The van der Waals surface area contributed by atoms with Crippen LogP contribution in [0.15, 0.2) is 48.5 Å². The Morgan fingerprint density at radius 3 is 2.50 bits per heavy atom. The van der Waals surface area contributed by atoms with Gasteiger partial charge in [0.2, 0.25) is 0 Å². The van der Waals surface area contributed by atoms with E-state index in [0.717, 1.165) is 0 Å². The van der Waals surface area contributed by atoms with Gasteiger partial charge >= 0.3 is 6.03 Å². The number of urea groups is 1. The van der Waals surface area contributed by atoms with Crippen LogP contribution in [-0.4, -0.2) is 38.4 Å². The topological polar surface area (TPSA) is 144 Å². The molecule has 11 heteroatoms. The number of hydrogen-bond donors (Lipinski definition) is 3. The number of non-ortho nitro benzene ring substituents is 1. The second kappa shape index (κ2) is 8.82. The van der Waals surface area contributed by atoms with Gasteiger partial charge in [0, 0.05) is 30.1 Å². The molecule has 30 heavy (non-hydrogen) atoms. The summed E-state index contributed by atoms with van der Waals surface area (Å²) in [6.45, 7) is 3.93. The van der Waals surface area contributed by atoms with Crippen molar-refractivity contribution in [1.29, 1.82) is 0 Å². The molecule has 0 radical (unpaired) electrons. The number of aromatic nitrogens is 3. The predicted molar refractivity (Wildman–Crippen MR) is 110 cm³/mol. The quantitative estimate of drug-likeness (QED) is 0.422. The molecule has 3 rings (SSSR count). The van der Waals surface area contributed by atoms with Crippen molar-refractivity contribution in [3.63, 3.8) is 0 Å². The lowest BCUT2D eigenvalue weighted by atomic mass is 10.2. The number of benzene rings is 2. The summed E-state index contributed by atoms with van der Waals surface area (Å²) in [7, 11) is 0. The lowest BCUT2D eigenvalue weighted by molar-refractivity contribution is -0.384. The van der Waals surface area contributed by atoms with Crippen LogP contribution in [0.2, 0.25) is 0 Å². The molecule has 0 atom stereocenters. The second-order valence-electron chi connectivity index (χ2n) is 6.23. The van der Waals surface area contributed by atoms with Crippen molar-refractivity contribution >= 4 is 29.0 Å². The Morgan fingerprint density at radius 1 is 1.10 bits per heavy atom. The molecule has 0 unspecified atom stereocenters. The first-order valence-corrected chi connectivity index (χ1v) is 9.02. The third-order valence-electron chi connectivity index (χ3n) is 4.11. The largest absolute Gasteiger partial charge is 0.338 e. The summed E-state index contributed by atoms with van der Waals surface area (Å²) < 4.78 is 1.36. The molecule has 1 aromatic heterocycles. The van der Waals surface area contributed by atoms with Gasteiger partial charge in [0.25, 0.3) is 11.6 Å². The highest BCUT2D eigenvalue weighted by atomic mass is 16.6. The molecule has 0 fully saturated rings. The summed E-state index contributed by atoms with van der Waals surface area (Å²) in [5, 5.41) is 26.8. The molecule has 154 valence electrons. The highest BCUT2D eigenvalue weighted by Crippen LogP contribution is 2.20. The lowest BCUT2D eigenvalue weighted by Gasteiger charge is -2.09. The molecule has 3 amide bonds. The number of nitrogens with zero attached hydrogens (tertiary/aromatic N) is 4. The number of hydrogen-bond acceptors (Lipinski definition) is 6. The first kappa shape index (κ1) is 20.5. The van der Waals surface area contributed by atoms with Crippen molar-refractivity contribution in [2.24, 2.45) is 0 Å². The van der Waals surface area contributed by atoms with E-state index in [-0.39, 0.29) is 17.4 Å². The number of amides is 3. The Hall–Kier alpha value is -4.28. The Kier molecular flexibility index (Phi) is 6.01. The van der Waals surface area contributed by atoms with E-state index in [1.807, 2.05) is 0 Å². The predicted octanol–water partition coefficient (Wildman–Crippen LogP) is 2.88. The van der Waals surface area contributed by atoms with Crippen LogP contribution in [0, 0.1) is 17.0 Å². The number of nitro groups is 1. The minimum atomic E-state index is -0.509. The smallest absolute Gasteiger partial charge is 0.319 e. The van der Waals surface area contributed by atoms with E-state index in [9.17, 15) is 19.7 Å². The van der Waals surface area contributed by atoms with Crippen molar-refractivity contribution in [2.45, 2.75) is 13.8 Å². The summed E-state index contributed by atoms with van der Waals surface area (Å²) in [6.07, 6.45) is 0. The van der Waals surface area contributed by atoms with Gasteiger partial charge in [-0.25, -0.2) is 9.48 Å². The summed E-state index contributed by atoms with van der Waals surface area (Å²) in [4.78, 5) is 34.8. The van der Waals surface area contributed by atoms with Gasteiger partial charge < -0.3 is 16.0 Å². The van der Waals surface area contributed by atoms with Crippen molar-refractivity contribution in [1.82, 2.24) is 20.3 Å². The fourth-order valence-electron chi connectivity index (χ4n) is 2.72. The summed E-state index contributed by atoms with van der Waals surface area (Å²) in [5.41, 5.74) is 1.79. The first-order chi connectivity index (χ1) is 14.4. The van der Waals surface area contributed by atoms with Gasteiger partial charge in [0.15, 0.2) is 5.69 Å². The zero-order chi connectivity index (χ0) is 21.7. The van der Waals surface area contributed by atoms with E-state index in [0.29, 0.717) is 29.3 Å². The second-order valence-corrected chi connectivity index (χ2v) is 6.23. The molecular formula is C19H19N7O4. The summed E-state index contributed by atoms with van der Waals surface area (Å²) >= 11 is 0. The number of nitro benzene ring substituents is 1. The number of carbonyl (C=O) groups is 2. The normalized spacial score (nSPS) is 10.3. The SMILES string of the molecule is CCNC(=O)Nc1cccc(NC(=O)c2nnn(-c3cccc([N+](=O)[O-])c3)c2C)c1. The Balaban J connectivity index is 1.78. The molecule has 3 N–H and O–H groups in total. The van der Waals surface area contributed by atoms with Crippen LogP contribution in [0.5, 0.6) is 0 Å². The van der Waals surface area contributed by atoms with Gasteiger partial charge in [0.1, 0.15) is 0 Å². The molecule has 0 aliphatic heterocycles. The zero-order valence-electron chi connectivity index (χ0n) is 16.2. The number of anilines is 2. The van der Waals surface area contributed by atoms with Crippen LogP contribution >= 0.6 is 0 Å². The van der Waals surface area contributed by atoms with Gasteiger partial charge in [-0.15, -0.1) is 5.10 Å². The summed E-state index contributed by atoms with van der Waals surface area (Å²) in [6, 6.07) is 12.2. The minimum Gasteiger partial charge on any atom is -0.338 e. The molecule has 0 aliphatic rings. The molecule has 11 nitrogen and oxygen atoms in total. The molecule has 3 aromatic rings. The molecule has 0 aliphatic carbocycles. The molecule has 1 heterocycles. The van der Waals surface area contributed by atoms with Crippen molar-refractivity contribution in [3.8, 4) is 5.69 Å². The van der Waals surface area contributed by atoms with Gasteiger partial charge in [-0.2, -0.15) is 0 Å². The first-order valence-electron chi connectivity index (χ1n) is 9.02. The molecule has 0 saturated heterocycles. The fourth-order valence-corrected chi connectivity index (χ4v) is 2.72. The van der Waals surface area contributed by atoms with Crippen molar-refractivity contribution < 1.29 is 14.5 Å². The molecule has 0 bridgehead atoms. The van der Waals surface area contributed by atoms with E-state index >= 15 is 0 Å².